The molecular formula is C17H24F3N. The van der Waals surface area contributed by atoms with E-state index >= 15 is 0 Å². The molecule has 1 fully saturated rings. The minimum atomic E-state index is -4.28. The largest absolute Gasteiger partial charge is 0.416 e. The SMILES string of the molecule is Cc1ccc(C(F)(F)F)cc1NC1CCCCC1C(C)C. The number of aryl methyl sites for hydroxylation is 1. The van der Waals surface area contributed by atoms with Crippen LogP contribution in [0.2, 0.25) is 0 Å². The summed E-state index contributed by atoms with van der Waals surface area (Å²) in [6.07, 6.45) is 0.293. The van der Waals surface area contributed by atoms with Crippen LogP contribution in [0, 0.1) is 18.8 Å². The summed E-state index contributed by atoms with van der Waals surface area (Å²) in [6.45, 7) is 6.25. The molecule has 0 heterocycles. The van der Waals surface area contributed by atoms with Gasteiger partial charge in [0.1, 0.15) is 0 Å². The van der Waals surface area contributed by atoms with Gasteiger partial charge >= 0.3 is 6.18 Å². The van der Waals surface area contributed by atoms with Crippen molar-refractivity contribution in [2.24, 2.45) is 11.8 Å². The van der Waals surface area contributed by atoms with Gasteiger partial charge in [-0.15, -0.1) is 0 Å². The summed E-state index contributed by atoms with van der Waals surface area (Å²) in [5.41, 5.74) is 0.922. The van der Waals surface area contributed by atoms with E-state index in [2.05, 4.69) is 19.2 Å². The first-order valence-electron chi connectivity index (χ1n) is 7.73. The molecular weight excluding hydrogens is 275 g/mol. The smallest absolute Gasteiger partial charge is 0.382 e. The number of benzene rings is 1. The van der Waals surface area contributed by atoms with Crippen LogP contribution in [0.3, 0.4) is 0 Å². The van der Waals surface area contributed by atoms with Crippen LogP contribution in [-0.2, 0) is 6.18 Å². The maximum atomic E-state index is 12.9. The van der Waals surface area contributed by atoms with Gasteiger partial charge < -0.3 is 5.32 Å². The van der Waals surface area contributed by atoms with E-state index in [1.165, 1.54) is 12.5 Å². The molecule has 1 N–H and O–H groups in total. The molecule has 118 valence electrons. The van der Waals surface area contributed by atoms with Crippen LogP contribution >= 0.6 is 0 Å². The Morgan fingerprint density at radius 3 is 2.43 bits per heavy atom. The normalized spacial score (nSPS) is 23.4. The molecule has 21 heavy (non-hydrogen) atoms. The van der Waals surface area contributed by atoms with Gasteiger partial charge in [0, 0.05) is 11.7 Å². The summed E-state index contributed by atoms with van der Waals surface area (Å²) in [4.78, 5) is 0. The van der Waals surface area contributed by atoms with Crippen LogP contribution in [0.25, 0.3) is 0 Å². The van der Waals surface area contributed by atoms with Gasteiger partial charge in [-0.05, 0) is 49.3 Å². The molecule has 1 aliphatic carbocycles. The Balaban J connectivity index is 2.21. The molecule has 0 bridgehead atoms. The van der Waals surface area contributed by atoms with Crippen molar-refractivity contribution in [2.75, 3.05) is 5.32 Å². The van der Waals surface area contributed by atoms with Gasteiger partial charge in [0.2, 0.25) is 0 Å². The van der Waals surface area contributed by atoms with Gasteiger partial charge in [-0.2, -0.15) is 13.2 Å². The Morgan fingerprint density at radius 1 is 1.14 bits per heavy atom. The van der Waals surface area contributed by atoms with Crippen LogP contribution in [0.5, 0.6) is 0 Å². The number of hydrogen-bond acceptors (Lipinski definition) is 1. The third kappa shape index (κ3) is 3.92. The van der Waals surface area contributed by atoms with Crippen LogP contribution in [0.1, 0.15) is 50.7 Å². The van der Waals surface area contributed by atoms with E-state index in [1.807, 2.05) is 6.92 Å². The monoisotopic (exact) mass is 299 g/mol. The first-order valence-corrected chi connectivity index (χ1v) is 7.73. The Labute approximate surface area is 124 Å². The van der Waals surface area contributed by atoms with Crippen molar-refractivity contribution in [3.05, 3.63) is 29.3 Å². The number of alkyl halides is 3. The fourth-order valence-electron chi connectivity index (χ4n) is 3.29. The van der Waals surface area contributed by atoms with E-state index in [0.29, 0.717) is 17.5 Å². The predicted molar refractivity (Wildman–Crippen MR) is 80.4 cm³/mol. The molecule has 1 aromatic carbocycles. The van der Waals surface area contributed by atoms with Crippen LogP contribution in [0.15, 0.2) is 18.2 Å². The molecule has 0 saturated heterocycles. The highest BCUT2D eigenvalue weighted by molar-refractivity contribution is 5.54. The van der Waals surface area contributed by atoms with Crippen LogP contribution in [0.4, 0.5) is 18.9 Å². The first kappa shape index (κ1) is 16.2. The Kier molecular flexibility index (Phi) is 4.84. The molecule has 4 heteroatoms. The van der Waals surface area contributed by atoms with Gasteiger partial charge in [0.15, 0.2) is 0 Å². The molecule has 1 aliphatic rings. The molecule has 1 nitrogen and oxygen atoms in total. The highest BCUT2D eigenvalue weighted by atomic mass is 19.4. The molecule has 1 aromatic rings. The minimum Gasteiger partial charge on any atom is -0.382 e. The Hall–Kier alpha value is -1.19. The number of hydrogen-bond donors (Lipinski definition) is 1. The number of halogens is 3. The lowest BCUT2D eigenvalue weighted by molar-refractivity contribution is -0.137. The van der Waals surface area contributed by atoms with Crippen molar-refractivity contribution >= 4 is 5.69 Å². The molecule has 0 aliphatic heterocycles. The van der Waals surface area contributed by atoms with E-state index < -0.39 is 11.7 Å². The fourth-order valence-corrected chi connectivity index (χ4v) is 3.29. The van der Waals surface area contributed by atoms with Crippen molar-refractivity contribution in [1.82, 2.24) is 0 Å². The maximum Gasteiger partial charge on any atom is 0.416 e. The fraction of sp³-hybridized carbons (Fsp3) is 0.647. The van der Waals surface area contributed by atoms with E-state index in [1.54, 1.807) is 6.07 Å². The van der Waals surface area contributed by atoms with Crippen molar-refractivity contribution in [3.63, 3.8) is 0 Å². The summed E-state index contributed by atoms with van der Waals surface area (Å²) in [5.74, 6) is 1.08. The third-order valence-electron chi connectivity index (χ3n) is 4.58. The highest BCUT2D eigenvalue weighted by Crippen LogP contribution is 2.35. The van der Waals surface area contributed by atoms with Crippen LogP contribution < -0.4 is 5.32 Å². The van der Waals surface area contributed by atoms with Crippen LogP contribution in [-0.4, -0.2) is 6.04 Å². The molecule has 0 amide bonds. The maximum absolute atomic E-state index is 12.9. The van der Waals surface area contributed by atoms with Gasteiger partial charge in [0.25, 0.3) is 0 Å². The van der Waals surface area contributed by atoms with Crippen molar-refractivity contribution in [1.29, 1.82) is 0 Å². The zero-order valence-electron chi connectivity index (χ0n) is 12.9. The summed E-state index contributed by atoms with van der Waals surface area (Å²) in [6, 6.07) is 4.24. The minimum absolute atomic E-state index is 0.279. The average molecular weight is 299 g/mol. The average Bonchev–Trinajstić information content (AvgIpc) is 2.40. The summed E-state index contributed by atoms with van der Waals surface area (Å²) < 4.78 is 38.6. The zero-order valence-corrected chi connectivity index (χ0v) is 12.9. The van der Waals surface area contributed by atoms with Crippen molar-refractivity contribution in [3.8, 4) is 0 Å². The summed E-state index contributed by atoms with van der Waals surface area (Å²) >= 11 is 0. The quantitative estimate of drug-likeness (QED) is 0.761. The van der Waals surface area contributed by atoms with Gasteiger partial charge in [-0.1, -0.05) is 32.8 Å². The molecule has 0 aromatic heterocycles. The van der Waals surface area contributed by atoms with Gasteiger partial charge in [-0.3, -0.25) is 0 Å². The number of rotatable bonds is 3. The molecule has 2 unspecified atom stereocenters. The molecule has 0 radical (unpaired) electrons. The summed E-state index contributed by atoms with van der Waals surface area (Å²) in [5, 5.41) is 3.39. The molecule has 1 saturated carbocycles. The summed E-state index contributed by atoms with van der Waals surface area (Å²) in [7, 11) is 0. The lowest BCUT2D eigenvalue weighted by Gasteiger charge is -2.36. The number of nitrogens with one attached hydrogen (secondary N) is 1. The second kappa shape index (κ2) is 6.29. The number of anilines is 1. The molecule has 0 spiro atoms. The lowest BCUT2D eigenvalue weighted by atomic mass is 9.77. The van der Waals surface area contributed by atoms with Gasteiger partial charge in [0.05, 0.1) is 5.56 Å². The molecule has 2 rings (SSSR count). The second-order valence-corrected chi connectivity index (χ2v) is 6.47. The van der Waals surface area contributed by atoms with E-state index in [4.69, 9.17) is 0 Å². The lowest BCUT2D eigenvalue weighted by Crippen LogP contribution is -2.35. The predicted octanol–water partition coefficient (Wildman–Crippen LogP) is 5.64. The van der Waals surface area contributed by atoms with Gasteiger partial charge in [-0.25, -0.2) is 0 Å². The first-order chi connectivity index (χ1) is 9.79. The Bertz CT molecular complexity index is 479. The highest BCUT2D eigenvalue weighted by Gasteiger charge is 2.32. The second-order valence-electron chi connectivity index (χ2n) is 6.47. The Morgan fingerprint density at radius 2 is 1.81 bits per heavy atom. The zero-order chi connectivity index (χ0) is 15.6. The topological polar surface area (TPSA) is 12.0 Å². The molecule has 2 atom stereocenters. The van der Waals surface area contributed by atoms with Crippen molar-refractivity contribution < 1.29 is 13.2 Å². The van der Waals surface area contributed by atoms with E-state index in [9.17, 15) is 13.2 Å². The van der Waals surface area contributed by atoms with E-state index in [-0.39, 0.29) is 6.04 Å². The van der Waals surface area contributed by atoms with Crippen molar-refractivity contribution in [2.45, 2.75) is 58.7 Å². The third-order valence-corrected chi connectivity index (χ3v) is 4.58. The van der Waals surface area contributed by atoms with E-state index in [0.717, 1.165) is 30.9 Å². The standard InChI is InChI=1S/C17H24F3N/c1-11(2)14-6-4-5-7-15(14)21-16-10-13(17(18,19)20)9-8-12(16)3/h8-11,14-15,21H,4-7H2,1-3H3.